The molecule has 116 valence electrons. The minimum Gasteiger partial charge on any atom is -0.496 e. The fourth-order valence-corrected chi connectivity index (χ4v) is 1.79. The lowest BCUT2D eigenvalue weighted by molar-refractivity contribution is -0.384. The summed E-state index contributed by atoms with van der Waals surface area (Å²) in [6.07, 6.45) is 1.45. The Kier molecular flexibility index (Phi) is 4.63. The molecule has 2 rings (SSSR count). The molecule has 0 radical (unpaired) electrons. The zero-order chi connectivity index (χ0) is 16.1. The van der Waals surface area contributed by atoms with Crippen molar-refractivity contribution in [3.63, 3.8) is 0 Å². The van der Waals surface area contributed by atoms with Crippen molar-refractivity contribution in [1.82, 2.24) is 15.0 Å². The number of carbonyl (C=O) groups excluding carboxylic acids is 1. The number of nitrogens with one attached hydrogen (secondary N) is 1. The molecule has 0 aliphatic carbocycles. The van der Waals surface area contributed by atoms with Crippen LogP contribution in [0.5, 0.6) is 5.75 Å². The van der Waals surface area contributed by atoms with Gasteiger partial charge in [-0.1, -0.05) is 5.21 Å². The van der Waals surface area contributed by atoms with Crippen molar-refractivity contribution >= 4 is 17.3 Å². The van der Waals surface area contributed by atoms with E-state index >= 15 is 0 Å². The van der Waals surface area contributed by atoms with Crippen LogP contribution in [0.25, 0.3) is 0 Å². The predicted octanol–water partition coefficient (Wildman–Crippen LogP) is 0.292. The number of aromatic nitrogens is 3. The zero-order valence-electron chi connectivity index (χ0n) is 11.7. The molecule has 1 aromatic carbocycles. The first kappa shape index (κ1) is 15.4. The number of carbonyl (C=O) groups is 1. The van der Waals surface area contributed by atoms with Crippen LogP contribution in [0.2, 0.25) is 0 Å². The van der Waals surface area contributed by atoms with Crippen LogP contribution < -0.4 is 15.8 Å². The molecule has 0 saturated carbocycles. The Morgan fingerprint density at radius 3 is 2.95 bits per heavy atom. The monoisotopic (exact) mass is 306 g/mol. The Morgan fingerprint density at radius 2 is 2.32 bits per heavy atom. The van der Waals surface area contributed by atoms with Crippen molar-refractivity contribution in [2.24, 2.45) is 5.73 Å². The Bertz CT molecular complexity index is 699. The molecule has 2 aromatic rings. The van der Waals surface area contributed by atoms with E-state index in [2.05, 4.69) is 15.6 Å². The largest absolute Gasteiger partial charge is 0.496 e. The van der Waals surface area contributed by atoms with Crippen LogP contribution in [0.1, 0.15) is 5.69 Å². The number of anilines is 1. The molecule has 0 fully saturated rings. The number of amides is 1. The van der Waals surface area contributed by atoms with Gasteiger partial charge in [0.05, 0.1) is 30.0 Å². The van der Waals surface area contributed by atoms with E-state index in [1.165, 1.54) is 36.2 Å². The Hall–Kier alpha value is -3.01. The molecule has 22 heavy (non-hydrogen) atoms. The average Bonchev–Trinajstić information content (AvgIpc) is 2.94. The lowest BCUT2D eigenvalue weighted by atomic mass is 10.2. The minimum absolute atomic E-state index is 0.0743. The van der Waals surface area contributed by atoms with Crippen LogP contribution in [0.15, 0.2) is 24.4 Å². The lowest BCUT2D eigenvalue weighted by Gasteiger charge is -2.08. The van der Waals surface area contributed by atoms with Gasteiger partial charge in [-0.25, -0.2) is 4.68 Å². The molecule has 0 aliphatic heterocycles. The van der Waals surface area contributed by atoms with E-state index in [0.29, 0.717) is 11.4 Å². The van der Waals surface area contributed by atoms with Crippen LogP contribution in [0.4, 0.5) is 11.4 Å². The van der Waals surface area contributed by atoms with E-state index in [1.807, 2.05) is 0 Å². The van der Waals surface area contributed by atoms with Crippen molar-refractivity contribution in [3.05, 3.63) is 40.2 Å². The standard InChI is InChI=1S/C12H14N6O4/c1-22-9-2-3-10(11(4-9)18(20)21)15-12(19)7-17-8(5-13)6-14-16-17/h2-4,6H,5,7,13H2,1H3,(H,15,19). The first-order chi connectivity index (χ1) is 10.5. The van der Waals surface area contributed by atoms with Crippen molar-refractivity contribution in [2.75, 3.05) is 12.4 Å². The number of ether oxygens (including phenoxy) is 1. The van der Waals surface area contributed by atoms with Crippen molar-refractivity contribution < 1.29 is 14.5 Å². The molecule has 3 N–H and O–H groups in total. The van der Waals surface area contributed by atoms with Gasteiger partial charge in [-0.2, -0.15) is 0 Å². The third kappa shape index (κ3) is 3.35. The van der Waals surface area contributed by atoms with Crippen LogP contribution in [0.3, 0.4) is 0 Å². The molecule has 0 unspecified atom stereocenters. The predicted molar refractivity (Wildman–Crippen MR) is 76.2 cm³/mol. The molecular formula is C12H14N6O4. The summed E-state index contributed by atoms with van der Waals surface area (Å²) in [6.45, 7) is 0.0404. The zero-order valence-corrected chi connectivity index (χ0v) is 11.7. The molecule has 1 aromatic heterocycles. The van der Waals surface area contributed by atoms with Gasteiger partial charge in [0.1, 0.15) is 18.0 Å². The maximum atomic E-state index is 12.0. The lowest BCUT2D eigenvalue weighted by Crippen LogP contribution is -2.22. The number of nitrogens with two attached hydrogens (primary N) is 1. The van der Waals surface area contributed by atoms with E-state index in [0.717, 1.165) is 0 Å². The quantitative estimate of drug-likeness (QED) is 0.577. The van der Waals surface area contributed by atoms with Gasteiger partial charge in [-0.15, -0.1) is 5.10 Å². The van der Waals surface area contributed by atoms with Crippen LogP contribution >= 0.6 is 0 Å². The van der Waals surface area contributed by atoms with E-state index in [9.17, 15) is 14.9 Å². The van der Waals surface area contributed by atoms with Gasteiger partial charge in [-0.3, -0.25) is 14.9 Å². The summed E-state index contributed by atoms with van der Waals surface area (Å²) >= 11 is 0. The summed E-state index contributed by atoms with van der Waals surface area (Å²) in [6, 6.07) is 4.15. The van der Waals surface area contributed by atoms with Crippen molar-refractivity contribution in [3.8, 4) is 5.75 Å². The van der Waals surface area contributed by atoms with Gasteiger partial charge in [0.25, 0.3) is 5.69 Å². The second-order valence-electron chi connectivity index (χ2n) is 4.28. The van der Waals surface area contributed by atoms with Gasteiger partial charge in [0.2, 0.25) is 5.91 Å². The SMILES string of the molecule is COc1ccc(NC(=O)Cn2nncc2CN)c([N+](=O)[O-])c1. The number of hydrogen-bond donors (Lipinski definition) is 2. The van der Waals surface area contributed by atoms with E-state index < -0.39 is 10.8 Å². The Balaban J connectivity index is 2.16. The maximum Gasteiger partial charge on any atom is 0.296 e. The number of rotatable bonds is 6. The fourth-order valence-electron chi connectivity index (χ4n) is 1.79. The highest BCUT2D eigenvalue weighted by atomic mass is 16.6. The number of benzene rings is 1. The van der Waals surface area contributed by atoms with E-state index in [-0.39, 0.29) is 24.5 Å². The van der Waals surface area contributed by atoms with Crippen LogP contribution in [-0.4, -0.2) is 32.9 Å². The highest BCUT2D eigenvalue weighted by Crippen LogP contribution is 2.28. The van der Waals surface area contributed by atoms with Gasteiger partial charge < -0.3 is 15.8 Å². The molecule has 0 bridgehead atoms. The smallest absolute Gasteiger partial charge is 0.296 e. The molecule has 0 spiro atoms. The highest BCUT2D eigenvalue weighted by molar-refractivity contribution is 5.93. The molecule has 0 saturated heterocycles. The van der Waals surface area contributed by atoms with Crippen LogP contribution in [-0.2, 0) is 17.9 Å². The molecular weight excluding hydrogens is 292 g/mol. The first-order valence-electron chi connectivity index (χ1n) is 6.25. The second kappa shape index (κ2) is 6.63. The number of methoxy groups -OCH3 is 1. The summed E-state index contributed by atoms with van der Waals surface area (Å²) in [5.74, 6) is -0.153. The second-order valence-corrected chi connectivity index (χ2v) is 4.28. The molecule has 10 heteroatoms. The molecule has 1 amide bonds. The van der Waals surface area contributed by atoms with Gasteiger partial charge >= 0.3 is 0 Å². The summed E-state index contributed by atoms with van der Waals surface area (Å²) in [7, 11) is 1.40. The fraction of sp³-hybridized carbons (Fsp3) is 0.250. The third-order valence-corrected chi connectivity index (χ3v) is 2.88. The summed E-state index contributed by atoms with van der Waals surface area (Å²) < 4.78 is 6.25. The normalized spacial score (nSPS) is 10.3. The number of hydrogen-bond acceptors (Lipinski definition) is 7. The Morgan fingerprint density at radius 1 is 1.55 bits per heavy atom. The molecule has 0 atom stereocenters. The first-order valence-corrected chi connectivity index (χ1v) is 6.25. The topological polar surface area (TPSA) is 138 Å². The van der Waals surface area contributed by atoms with Crippen LogP contribution in [0, 0.1) is 10.1 Å². The molecule has 1 heterocycles. The number of nitro groups is 1. The van der Waals surface area contributed by atoms with Gasteiger partial charge in [0, 0.05) is 6.54 Å². The van der Waals surface area contributed by atoms with Gasteiger partial charge in [0.15, 0.2) is 0 Å². The van der Waals surface area contributed by atoms with Gasteiger partial charge in [-0.05, 0) is 12.1 Å². The maximum absolute atomic E-state index is 12.0. The van der Waals surface area contributed by atoms with E-state index in [1.54, 1.807) is 0 Å². The summed E-state index contributed by atoms with van der Waals surface area (Å²) in [5, 5.41) is 20.9. The molecule has 10 nitrogen and oxygen atoms in total. The molecule has 0 aliphatic rings. The Labute approximate surface area is 125 Å². The van der Waals surface area contributed by atoms with E-state index in [4.69, 9.17) is 10.5 Å². The summed E-state index contributed by atoms with van der Waals surface area (Å²) in [4.78, 5) is 22.4. The number of nitro benzene ring substituents is 1. The summed E-state index contributed by atoms with van der Waals surface area (Å²) in [5.41, 5.74) is 5.88. The minimum atomic E-state index is -0.598. The average molecular weight is 306 g/mol. The highest BCUT2D eigenvalue weighted by Gasteiger charge is 2.18. The van der Waals surface area contributed by atoms with Crippen molar-refractivity contribution in [1.29, 1.82) is 0 Å². The number of nitrogens with zero attached hydrogens (tertiary/aromatic N) is 4. The van der Waals surface area contributed by atoms with Crippen molar-refractivity contribution in [2.45, 2.75) is 13.1 Å². The third-order valence-electron chi connectivity index (χ3n) is 2.88.